The van der Waals surface area contributed by atoms with Gasteiger partial charge in [-0.1, -0.05) is 13.8 Å². The fourth-order valence-corrected chi connectivity index (χ4v) is 0.577. The molecule has 2 atom stereocenters. The van der Waals surface area contributed by atoms with E-state index in [1.54, 1.807) is 0 Å². The maximum absolute atomic E-state index is 5.65. The van der Waals surface area contributed by atoms with Gasteiger partial charge in [-0.3, -0.25) is 0 Å². The van der Waals surface area contributed by atoms with Gasteiger partial charge in [-0.05, 0) is 18.9 Å². The molecule has 2 nitrogen and oxygen atoms in total. The second-order valence-electron chi connectivity index (χ2n) is 2.29. The summed E-state index contributed by atoms with van der Waals surface area (Å²) in [5.41, 5.74) is 11.0. The lowest BCUT2D eigenvalue weighted by Crippen LogP contribution is -2.32. The molecule has 0 fully saturated rings. The van der Waals surface area contributed by atoms with Gasteiger partial charge in [0.1, 0.15) is 0 Å². The average Bonchev–Trinajstić information content (AvgIpc) is 1.84. The molecule has 0 radical (unpaired) electrons. The third-order valence-electron chi connectivity index (χ3n) is 1.57. The van der Waals surface area contributed by atoms with E-state index in [1.807, 2.05) is 0 Å². The van der Waals surface area contributed by atoms with E-state index in [0.717, 1.165) is 6.42 Å². The molecule has 4 N–H and O–H groups in total. The second-order valence-corrected chi connectivity index (χ2v) is 2.29. The second kappa shape index (κ2) is 3.87. The molecule has 0 amide bonds. The van der Waals surface area contributed by atoms with Gasteiger partial charge in [0.15, 0.2) is 0 Å². The molecule has 0 aromatic carbocycles. The standard InChI is InChI=1S/C6H16N2/c1-3-6(8)5(2)4-7/h5-6H,3-4,7-8H2,1-2H3/t5-,6-/m0/s1. The monoisotopic (exact) mass is 116 g/mol. The third kappa shape index (κ3) is 2.28. The molecule has 0 aliphatic rings. The van der Waals surface area contributed by atoms with Gasteiger partial charge in [0, 0.05) is 6.04 Å². The molecule has 0 rings (SSSR count). The normalized spacial score (nSPS) is 18.0. The van der Waals surface area contributed by atoms with Crippen molar-refractivity contribution in [2.75, 3.05) is 6.54 Å². The Kier molecular flexibility index (Phi) is 3.83. The molecular weight excluding hydrogens is 100 g/mol. The maximum atomic E-state index is 5.65. The fraction of sp³-hybridized carbons (Fsp3) is 1.00. The molecular formula is C6H16N2. The largest absolute Gasteiger partial charge is 0.330 e. The Balaban J connectivity index is 3.29. The summed E-state index contributed by atoms with van der Waals surface area (Å²) in [7, 11) is 0. The highest BCUT2D eigenvalue weighted by Gasteiger charge is 2.06. The SMILES string of the molecule is CC[C@H](N)[C@@H](C)CN. The Labute approximate surface area is 51.2 Å². The Hall–Kier alpha value is -0.0800. The van der Waals surface area contributed by atoms with Crippen LogP contribution in [-0.4, -0.2) is 12.6 Å². The van der Waals surface area contributed by atoms with Crippen LogP contribution >= 0.6 is 0 Å². The average molecular weight is 116 g/mol. The van der Waals surface area contributed by atoms with Crippen LogP contribution in [0, 0.1) is 5.92 Å². The van der Waals surface area contributed by atoms with Crippen molar-refractivity contribution in [1.82, 2.24) is 0 Å². The predicted molar refractivity (Wildman–Crippen MR) is 36.5 cm³/mol. The van der Waals surface area contributed by atoms with E-state index in [4.69, 9.17) is 11.5 Å². The fourth-order valence-electron chi connectivity index (χ4n) is 0.577. The lowest BCUT2D eigenvalue weighted by atomic mass is 10.0. The van der Waals surface area contributed by atoms with Crippen molar-refractivity contribution in [3.8, 4) is 0 Å². The van der Waals surface area contributed by atoms with Gasteiger partial charge in [0.2, 0.25) is 0 Å². The van der Waals surface area contributed by atoms with Gasteiger partial charge in [-0.2, -0.15) is 0 Å². The summed E-state index contributed by atoms with van der Waals surface area (Å²) < 4.78 is 0. The van der Waals surface area contributed by atoms with Crippen LogP contribution in [0.3, 0.4) is 0 Å². The summed E-state index contributed by atoms with van der Waals surface area (Å²) in [6.45, 7) is 4.86. The summed E-state index contributed by atoms with van der Waals surface area (Å²) in [4.78, 5) is 0. The highest BCUT2D eigenvalue weighted by molar-refractivity contribution is 4.66. The predicted octanol–water partition coefficient (Wildman–Crippen LogP) is 0.318. The van der Waals surface area contributed by atoms with E-state index < -0.39 is 0 Å². The van der Waals surface area contributed by atoms with Crippen LogP contribution in [-0.2, 0) is 0 Å². The van der Waals surface area contributed by atoms with Crippen LogP contribution in [0.15, 0.2) is 0 Å². The lowest BCUT2D eigenvalue weighted by molar-refractivity contribution is 0.454. The maximum Gasteiger partial charge on any atom is 0.00739 e. The highest BCUT2D eigenvalue weighted by Crippen LogP contribution is 1.99. The van der Waals surface area contributed by atoms with Crippen molar-refractivity contribution >= 4 is 0 Å². The van der Waals surface area contributed by atoms with Gasteiger partial charge < -0.3 is 11.5 Å². The smallest absolute Gasteiger partial charge is 0.00739 e. The van der Waals surface area contributed by atoms with Crippen molar-refractivity contribution in [3.63, 3.8) is 0 Å². The quantitative estimate of drug-likeness (QED) is 0.558. The zero-order valence-electron chi connectivity index (χ0n) is 5.72. The molecule has 8 heavy (non-hydrogen) atoms. The van der Waals surface area contributed by atoms with E-state index in [-0.39, 0.29) is 0 Å². The van der Waals surface area contributed by atoms with E-state index >= 15 is 0 Å². The third-order valence-corrected chi connectivity index (χ3v) is 1.57. The first-order valence-electron chi connectivity index (χ1n) is 3.18. The van der Waals surface area contributed by atoms with Crippen LogP contribution in [0.5, 0.6) is 0 Å². The van der Waals surface area contributed by atoms with E-state index in [9.17, 15) is 0 Å². The van der Waals surface area contributed by atoms with Gasteiger partial charge >= 0.3 is 0 Å². The number of hydrogen-bond donors (Lipinski definition) is 2. The number of nitrogens with two attached hydrogens (primary N) is 2. The summed E-state index contributed by atoms with van der Waals surface area (Å²) >= 11 is 0. The van der Waals surface area contributed by atoms with Gasteiger partial charge in [-0.25, -0.2) is 0 Å². The Morgan fingerprint density at radius 1 is 1.50 bits per heavy atom. The van der Waals surface area contributed by atoms with Crippen LogP contribution in [0.1, 0.15) is 20.3 Å². The zero-order chi connectivity index (χ0) is 6.57. The van der Waals surface area contributed by atoms with Crippen molar-refractivity contribution in [2.45, 2.75) is 26.3 Å². The molecule has 0 saturated heterocycles. The number of hydrogen-bond acceptors (Lipinski definition) is 2. The minimum absolute atomic E-state index is 0.292. The molecule has 0 aromatic rings. The van der Waals surface area contributed by atoms with E-state index in [2.05, 4.69) is 13.8 Å². The molecule has 2 heteroatoms. The molecule has 0 saturated carbocycles. The Morgan fingerprint density at radius 2 is 2.00 bits per heavy atom. The van der Waals surface area contributed by atoms with Gasteiger partial charge in [-0.15, -0.1) is 0 Å². The van der Waals surface area contributed by atoms with Crippen LogP contribution < -0.4 is 11.5 Å². The summed E-state index contributed by atoms with van der Waals surface area (Å²) in [6.07, 6.45) is 1.03. The zero-order valence-corrected chi connectivity index (χ0v) is 5.72. The topological polar surface area (TPSA) is 52.0 Å². The van der Waals surface area contributed by atoms with Crippen LogP contribution in [0.4, 0.5) is 0 Å². The summed E-state index contributed by atoms with van der Waals surface area (Å²) in [6, 6.07) is 0.292. The minimum Gasteiger partial charge on any atom is -0.330 e. The molecule has 50 valence electrons. The summed E-state index contributed by atoms with van der Waals surface area (Å²) in [5, 5.41) is 0. The van der Waals surface area contributed by atoms with E-state index in [1.165, 1.54) is 0 Å². The van der Waals surface area contributed by atoms with E-state index in [0.29, 0.717) is 18.5 Å². The number of rotatable bonds is 3. The minimum atomic E-state index is 0.292. The van der Waals surface area contributed by atoms with Gasteiger partial charge in [0.25, 0.3) is 0 Å². The summed E-state index contributed by atoms with van der Waals surface area (Å²) in [5.74, 6) is 0.472. The lowest BCUT2D eigenvalue weighted by Gasteiger charge is -2.14. The Morgan fingerprint density at radius 3 is 2.12 bits per heavy atom. The Bertz CT molecular complexity index is 46.5. The first kappa shape index (κ1) is 7.92. The molecule has 0 aliphatic carbocycles. The van der Waals surface area contributed by atoms with Crippen molar-refractivity contribution < 1.29 is 0 Å². The molecule has 0 spiro atoms. The highest BCUT2D eigenvalue weighted by atomic mass is 14.7. The first-order chi connectivity index (χ1) is 3.72. The molecule has 0 heterocycles. The molecule has 0 unspecified atom stereocenters. The molecule has 0 aromatic heterocycles. The van der Waals surface area contributed by atoms with Gasteiger partial charge in [0.05, 0.1) is 0 Å². The van der Waals surface area contributed by atoms with Crippen LogP contribution in [0.2, 0.25) is 0 Å². The van der Waals surface area contributed by atoms with Crippen molar-refractivity contribution in [3.05, 3.63) is 0 Å². The molecule has 0 bridgehead atoms. The molecule has 0 aliphatic heterocycles. The van der Waals surface area contributed by atoms with Crippen molar-refractivity contribution in [2.24, 2.45) is 17.4 Å². The van der Waals surface area contributed by atoms with Crippen LogP contribution in [0.25, 0.3) is 0 Å². The first-order valence-corrected chi connectivity index (χ1v) is 3.18. The van der Waals surface area contributed by atoms with Crippen molar-refractivity contribution in [1.29, 1.82) is 0 Å².